The molecule has 1 fully saturated rings. The summed E-state index contributed by atoms with van der Waals surface area (Å²) in [5.74, 6) is 1.95. The number of carbonyl (C=O) groups excluding carboxylic acids is 1. The van der Waals surface area contributed by atoms with Crippen molar-refractivity contribution in [1.82, 2.24) is 14.5 Å². The van der Waals surface area contributed by atoms with Crippen LogP contribution >= 0.6 is 0 Å². The minimum Gasteiger partial charge on any atom is -0.497 e. The second-order valence-electron chi connectivity index (χ2n) is 7.28. The SMILES string of the molecule is COc1ccc2c(c1)c(C(=O)CN1CCN(c3ccccn3)CC1)c(C)n2C. The summed E-state index contributed by atoms with van der Waals surface area (Å²) in [5.41, 5.74) is 2.87. The summed E-state index contributed by atoms with van der Waals surface area (Å²) in [6, 6.07) is 11.9. The van der Waals surface area contributed by atoms with Crippen LogP contribution in [-0.4, -0.2) is 60.1 Å². The average Bonchev–Trinajstić information content (AvgIpc) is 2.99. The van der Waals surface area contributed by atoms with Crippen molar-refractivity contribution in [2.45, 2.75) is 6.92 Å². The second kappa shape index (κ2) is 7.64. The summed E-state index contributed by atoms with van der Waals surface area (Å²) >= 11 is 0. The number of anilines is 1. The van der Waals surface area contributed by atoms with Gasteiger partial charge in [-0.3, -0.25) is 9.69 Å². The molecule has 1 aliphatic rings. The van der Waals surface area contributed by atoms with Gasteiger partial charge in [0.15, 0.2) is 5.78 Å². The number of piperazine rings is 1. The molecule has 3 heterocycles. The van der Waals surface area contributed by atoms with Crippen molar-refractivity contribution in [3.63, 3.8) is 0 Å². The Morgan fingerprint density at radius 3 is 2.61 bits per heavy atom. The fourth-order valence-corrected chi connectivity index (χ4v) is 3.99. The van der Waals surface area contributed by atoms with Gasteiger partial charge in [-0.1, -0.05) is 6.07 Å². The van der Waals surface area contributed by atoms with E-state index in [1.165, 1.54) is 0 Å². The maximum atomic E-state index is 13.2. The predicted octanol–water partition coefficient (Wildman–Crippen LogP) is 2.90. The molecule has 146 valence electrons. The molecule has 0 aliphatic carbocycles. The molecule has 0 amide bonds. The second-order valence-corrected chi connectivity index (χ2v) is 7.28. The zero-order valence-corrected chi connectivity index (χ0v) is 16.7. The Kier molecular flexibility index (Phi) is 5.05. The minimum absolute atomic E-state index is 0.169. The highest BCUT2D eigenvalue weighted by molar-refractivity contribution is 6.10. The molecule has 2 aromatic heterocycles. The molecule has 3 aromatic rings. The van der Waals surface area contributed by atoms with Crippen molar-refractivity contribution < 1.29 is 9.53 Å². The van der Waals surface area contributed by atoms with Crippen molar-refractivity contribution in [2.75, 3.05) is 44.7 Å². The summed E-state index contributed by atoms with van der Waals surface area (Å²) < 4.78 is 7.45. The van der Waals surface area contributed by atoms with Crippen molar-refractivity contribution >= 4 is 22.5 Å². The van der Waals surface area contributed by atoms with Gasteiger partial charge in [0.25, 0.3) is 0 Å². The third kappa shape index (κ3) is 3.36. The number of carbonyl (C=O) groups is 1. The number of pyridine rings is 1. The lowest BCUT2D eigenvalue weighted by atomic mass is 10.1. The maximum absolute atomic E-state index is 13.2. The largest absolute Gasteiger partial charge is 0.497 e. The first-order valence-electron chi connectivity index (χ1n) is 9.63. The van der Waals surface area contributed by atoms with Crippen molar-refractivity contribution in [3.05, 3.63) is 53.9 Å². The van der Waals surface area contributed by atoms with Gasteiger partial charge in [-0.2, -0.15) is 0 Å². The van der Waals surface area contributed by atoms with E-state index >= 15 is 0 Å². The number of aryl methyl sites for hydroxylation is 1. The number of hydrogen-bond donors (Lipinski definition) is 0. The lowest BCUT2D eigenvalue weighted by Gasteiger charge is -2.35. The molecule has 0 spiro atoms. The third-order valence-corrected chi connectivity index (χ3v) is 5.69. The molecule has 6 heteroatoms. The van der Waals surface area contributed by atoms with E-state index in [1.807, 2.05) is 56.6 Å². The number of aromatic nitrogens is 2. The monoisotopic (exact) mass is 378 g/mol. The van der Waals surface area contributed by atoms with Crippen LogP contribution in [0.15, 0.2) is 42.6 Å². The Hall–Kier alpha value is -2.86. The molecule has 1 saturated heterocycles. The van der Waals surface area contributed by atoms with E-state index < -0.39 is 0 Å². The van der Waals surface area contributed by atoms with Crippen molar-refractivity contribution in [1.29, 1.82) is 0 Å². The highest BCUT2D eigenvalue weighted by Gasteiger charge is 2.24. The van der Waals surface area contributed by atoms with Gasteiger partial charge >= 0.3 is 0 Å². The van der Waals surface area contributed by atoms with E-state index in [9.17, 15) is 4.79 Å². The summed E-state index contributed by atoms with van der Waals surface area (Å²) in [7, 11) is 3.66. The highest BCUT2D eigenvalue weighted by Crippen LogP contribution is 2.29. The van der Waals surface area contributed by atoms with Crippen LogP contribution in [0.1, 0.15) is 16.1 Å². The van der Waals surface area contributed by atoms with E-state index in [0.29, 0.717) is 6.54 Å². The average molecular weight is 378 g/mol. The Bertz CT molecular complexity index is 989. The maximum Gasteiger partial charge on any atom is 0.179 e. The molecule has 0 atom stereocenters. The molecule has 28 heavy (non-hydrogen) atoms. The standard InChI is InChI=1S/C22H26N4O2/c1-16-22(18-14-17(28-3)7-8-19(18)24(16)2)20(27)15-25-10-12-26(13-11-25)21-6-4-5-9-23-21/h4-9,14H,10-13,15H2,1-3H3. The van der Waals surface area contributed by atoms with E-state index in [1.54, 1.807) is 7.11 Å². The number of hydrogen-bond acceptors (Lipinski definition) is 5. The number of nitrogens with zero attached hydrogens (tertiary/aromatic N) is 4. The molecule has 6 nitrogen and oxygen atoms in total. The van der Waals surface area contributed by atoms with Gasteiger partial charge in [0.2, 0.25) is 0 Å². The number of ketones is 1. The third-order valence-electron chi connectivity index (χ3n) is 5.69. The molecule has 4 rings (SSSR count). The molecule has 0 unspecified atom stereocenters. The molecule has 1 aromatic carbocycles. The smallest absolute Gasteiger partial charge is 0.179 e. The van der Waals surface area contributed by atoms with Gasteiger partial charge < -0.3 is 14.2 Å². The van der Waals surface area contributed by atoms with Crippen LogP contribution in [0, 0.1) is 6.92 Å². The quantitative estimate of drug-likeness (QED) is 0.639. The summed E-state index contributed by atoms with van der Waals surface area (Å²) in [6.45, 7) is 5.93. The van der Waals surface area contributed by atoms with E-state index in [2.05, 4.69) is 19.4 Å². The van der Waals surface area contributed by atoms with Gasteiger partial charge in [-0.25, -0.2) is 4.98 Å². The van der Waals surface area contributed by atoms with Crippen molar-refractivity contribution in [2.24, 2.45) is 7.05 Å². The Morgan fingerprint density at radius 2 is 1.93 bits per heavy atom. The fraction of sp³-hybridized carbons (Fsp3) is 0.364. The highest BCUT2D eigenvalue weighted by atomic mass is 16.5. The van der Waals surface area contributed by atoms with E-state index in [0.717, 1.165) is 59.9 Å². The zero-order valence-electron chi connectivity index (χ0n) is 16.7. The van der Waals surface area contributed by atoms with Crippen LogP contribution in [-0.2, 0) is 7.05 Å². The Morgan fingerprint density at radius 1 is 1.14 bits per heavy atom. The molecular formula is C22H26N4O2. The fourth-order valence-electron chi connectivity index (χ4n) is 3.99. The number of rotatable bonds is 5. The van der Waals surface area contributed by atoms with Gasteiger partial charge in [0, 0.05) is 61.6 Å². The summed E-state index contributed by atoms with van der Waals surface area (Å²) in [4.78, 5) is 22.1. The molecule has 0 N–H and O–H groups in total. The number of Topliss-reactive ketones (excluding diaryl/α,β-unsaturated/α-hetero) is 1. The van der Waals surface area contributed by atoms with E-state index in [4.69, 9.17) is 4.74 Å². The summed E-state index contributed by atoms with van der Waals surface area (Å²) in [6.07, 6.45) is 1.82. The summed E-state index contributed by atoms with van der Waals surface area (Å²) in [5, 5.41) is 0.969. The molecule has 0 bridgehead atoms. The predicted molar refractivity (Wildman–Crippen MR) is 111 cm³/mol. The number of ether oxygens (including phenoxy) is 1. The topological polar surface area (TPSA) is 50.6 Å². The molecule has 0 radical (unpaired) electrons. The van der Waals surface area contributed by atoms with Crippen LogP contribution < -0.4 is 9.64 Å². The number of benzene rings is 1. The first-order valence-corrected chi connectivity index (χ1v) is 9.63. The molecule has 0 saturated carbocycles. The Balaban J connectivity index is 1.50. The van der Waals surface area contributed by atoms with Gasteiger partial charge in [0.1, 0.15) is 11.6 Å². The zero-order chi connectivity index (χ0) is 19.7. The van der Waals surface area contributed by atoms with Gasteiger partial charge in [-0.15, -0.1) is 0 Å². The normalized spacial score (nSPS) is 15.2. The van der Waals surface area contributed by atoms with Crippen molar-refractivity contribution in [3.8, 4) is 5.75 Å². The van der Waals surface area contributed by atoms with Gasteiger partial charge in [0.05, 0.1) is 13.7 Å². The number of fused-ring (bicyclic) bond motifs is 1. The first kappa shape index (κ1) is 18.5. The lowest BCUT2D eigenvalue weighted by Crippen LogP contribution is -2.48. The van der Waals surface area contributed by atoms with Crippen LogP contribution in [0.5, 0.6) is 5.75 Å². The Labute approximate surface area is 165 Å². The van der Waals surface area contributed by atoms with Crippen LogP contribution in [0.3, 0.4) is 0 Å². The van der Waals surface area contributed by atoms with E-state index in [-0.39, 0.29) is 5.78 Å². The van der Waals surface area contributed by atoms with Crippen LogP contribution in [0.25, 0.3) is 10.9 Å². The minimum atomic E-state index is 0.169. The number of methoxy groups -OCH3 is 1. The van der Waals surface area contributed by atoms with Gasteiger partial charge in [-0.05, 0) is 37.3 Å². The lowest BCUT2D eigenvalue weighted by molar-refractivity contribution is 0.0927. The molecular weight excluding hydrogens is 352 g/mol. The molecule has 1 aliphatic heterocycles. The van der Waals surface area contributed by atoms with Crippen LogP contribution in [0.4, 0.5) is 5.82 Å². The van der Waals surface area contributed by atoms with Crippen LogP contribution in [0.2, 0.25) is 0 Å². The first-order chi connectivity index (χ1) is 13.6.